The minimum Gasteiger partial charge on any atom is -0.487 e. The van der Waals surface area contributed by atoms with Crippen LogP contribution < -0.4 is 10.1 Å². The van der Waals surface area contributed by atoms with E-state index < -0.39 is 5.91 Å². The quantitative estimate of drug-likeness (QED) is 0.308. The Morgan fingerprint density at radius 1 is 0.970 bits per heavy atom. The smallest absolute Gasteiger partial charge is 0.290 e. The van der Waals surface area contributed by atoms with Crippen molar-refractivity contribution in [1.82, 2.24) is 9.88 Å². The molecule has 1 aromatic heterocycles. The standard InChI is InChI=1S/C25H16Cl2N2O3S/c26-19-10-9-17(12-20(19)27)29-13-16(11-22-24(30)28-25(31)33-22)18-7-4-8-21(23(18)29)32-14-15-5-2-1-3-6-15/h1-13H,14H2,(H,28,30,31)/b22-11+. The van der Waals surface area contributed by atoms with Crippen LogP contribution in [0.2, 0.25) is 10.0 Å². The summed E-state index contributed by atoms with van der Waals surface area (Å²) in [6.07, 6.45) is 3.60. The van der Waals surface area contributed by atoms with Gasteiger partial charge in [-0.3, -0.25) is 14.9 Å². The van der Waals surface area contributed by atoms with Crippen molar-refractivity contribution in [1.29, 1.82) is 0 Å². The number of nitrogens with one attached hydrogen (secondary N) is 1. The molecular formula is C25H16Cl2N2O3S. The molecule has 4 aromatic rings. The highest BCUT2D eigenvalue weighted by Crippen LogP contribution is 2.37. The Morgan fingerprint density at radius 2 is 1.79 bits per heavy atom. The lowest BCUT2D eigenvalue weighted by molar-refractivity contribution is -0.115. The summed E-state index contributed by atoms with van der Waals surface area (Å²) in [6.45, 7) is 0.399. The number of hydrogen-bond donors (Lipinski definition) is 1. The Kier molecular flexibility index (Phi) is 5.89. The second-order valence-electron chi connectivity index (χ2n) is 7.33. The van der Waals surface area contributed by atoms with Crippen LogP contribution in [0.4, 0.5) is 4.79 Å². The summed E-state index contributed by atoms with van der Waals surface area (Å²) in [4.78, 5) is 24.1. The molecule has 0 aliphatic carbocycles. The molecular weight excluding hydrogens is 479 g/mol. The third-order valence-electron chi connectivity index (χ3n) is 5.17. The summed E-state index contributed by atoms with van der Waals surface area (Å²) >= 11 is 13.3. The third kappa shape index (κ3) is 4.37. The van der Waals surface area contributed by atoms with E-state index in [-0.39, 0.29) is 5.24 Å². The Labute approximate surface area is 203 Å². The zero-order chi connectivity index (χ0) is 22.9. The number of halogens is 2. The van der Waals surface area contributed by atoms with E-state index in [0.29, 0.717) is 27.3 Å². The molecule has 3 aromatic carbocycles. The van der Waals surface area contributed by atoms with E-state index in [1.807, 2.05) is 65.4 Å². The zero-order valence-corrected chi connectivity index (χ0v) is 19.4. The molecule has 0 saturated carbocycles. The highest BCUT2D eigenvalue weighted by molar-refractivity contribution is 8.18. The maximum absolute atomic E-state index is 12.1. The van der Waals surface area contributed by atoms with Crippen molar-refractivity contribution in [3.63, 3.8) is 0 Å². The van der Waals surface area contributed by atoms with Gasteiger partial charge in [0.05, 0.1) is 20.5 Å². The lowest BCUT2D eigenvalue weighted by Gasteiger charge is -2.12. The number of benzene rings is 3. The highest BCUT2D eigenvalue weighted by atomic mass is 35.5. The Hall–Kier alpha value is -3.19. The summed E-state index contributed by atoms with van der Waals surface area (Å²) < 4.78 is 8.15. The second-order valence-corrected chi connectivity index (χ2v) is 9.16. The maximum atomic E-state index is 12.1. The maximum Gasteiger partial charge on any atom is 0.290 e. The molecule has 1 saturated heterocycles. The number of nitrogens with zero attached hydrogens (tertiary/aromatic N) is 1. The van der Waals surface area contributed by atoms with Gasteiger partial charge in [0.1, 0.15) is 12.4 Å². The van der Waals surface area contributed by atoms with Crippen LogP contribution in [0.1, 0.15) is 11.1 Å². The molecule has 2 heterocycles. The predicted octanol–water partition coefficient (Wildman–Crippen LogP) is 6.84. The molecule has 1 aliphatic heterocycles. The van der Waals surface area contributed by atoms with Crippen LogP contribution >= 0.6 is 35.0 Å². The Bertz CT molecular complexity index is 1430. The number of hydrogen-bond acceptors (Lipinski definition) is 4. The van der Waals surface area contributed by atoms with Gasteiger partial charge in [0.25, 0.3) is 11.1 Å². The number of imide groups is 1. The number of ether oxygens (including phenoxy) is 1. The van der Waals surface area contributed by atoms with Crippen molar-refractivity contribution in [3.8, 4) is 11.4 Å². The Balaban J connectivity index is 1.66. The number of thioether (sulfide) groups is 1. The number of carbonyl (C=O) groups is 2. The summed E-state index contributed by atoms with van der Waals surface area (Å²) in [6, 6.07) is 21.0. The summed E-state index contributed by atoms with van der Waals surface area (Å²) in [5, 5.41) is 3.66. The molecule has 0 atom stereocenters. The highest BCUT2D eigenvalue weighted by Gasteiger charge is 2.26. The van der Waals surface area contributed by atoms with Crippen molar-refractivity contribution in [3.05, 3.63) is 99.0 Å². The fraction of sp³-hybridized carbons (Fsp3) is 0.0400. The molecule has 164 valence electrons. The number of amides is 2. The number of rotatable bonds is 5. The molecule has 0 bridgehead atoms. The first-order chi connectivity index (χ1) is 16.0. The first-order valence-electron chi connectivity index (χ1n) is 10.0. The fourth-order valence-corrected chi connectivity index (χ4v) is 4.61. The van der Waals surface area contributed by atoms with Crippen molar-refractivity contribution >= 4 is 63.1 Å². The predicted molar refractivity (Wildman–Crippen MR) is 133 cm³/mol. The van der Waals surface area contributed by atoms with Crippen LogP contribution in [0.3, 0.4) is 0 Å². The van der Waals surface area contributed by atoms with E-state index in [0.717, 1.165) is 39.5 Å². The topological polar surface area (TPSA) is 60.3 Å². The monoisotopic (exact) mass is 494 g/mol. The van der Waals surface area contributed by atoms with Crippen molar-refractivity contribution in [2.45, 2.75) is 6.61 Å². The third-order valence-corrected chi connectivity index (χ3v) is 6.72. The van der Waals surface area contributed by atoms with Crippen LogP contribution in [-0.4, -0.2) is 15.7 Å². The van der Waals surface area contributed by atoms with Gasteiger partial charge < -0.3 is 9.30 Å². The van der Waals surface area contributed by atoms with Crippen molar-refractivity contribution in [2.24, 2.45) is 0 Å². The summed E-state index contributed by atoms with van der Waals surface area (Å²) in [5.41, 5.74) is 3.42. The Morgan fingerprint density at radius 3 is 2.52 bits per heavy atom. The van der Waals surface area contributed by atoms with Gasteiger partial charge in [-0.25, -0.2) is 0 Å². The van der Waals surface area contributed by atoms with Crippen LogP contribution in [0.5, 0.6) is 5.75 Å². The molecule has 1 aliphatic rings. The van der Waals surface area contributed by atoms with Gasteiger partial charge >= 0.3 is 0 Å². The lowest BCUT2D eigenvalue weighted by atomic mass is 10.1. The first-order valence-corrected chi connectivity index (χ1v) is 11.6. The molecule has 0 radical (unpaired) electrons. The molecule has 0 spiro atoms. The largest absolute Gasteiger partial charge is 0.487 e. The van der Waals surface area contributed by atoms with Gasteiger partial charge in [-0.1, -0.05) is 65.7 Å². The normalized spacial score (nSPS) is 14.8. The average Bonchev–Trinajstić information content (AvgIpc) is 3.34. The van der Waals surface area contributed by atoms with Gasteiger partial charge in [0.15, 0.2) is 0 Å². The SMILES string of the molecule is O=C1NC(=O)/C(=C\c2cn(-c3ccc(Cl)c(Cl)c3)c3c(OCc4ccccc4)cccc23)S1. The van der Waals surface area contributed by atoms with Crippen LogP contribution in [0.15, 0.2) is 77.8 Å². The molecule has 8 heteroatoms. The summed E-state index contributed by atoms with van der Waals surface area (Å²) in [7, 11) is 0. The summed E-state index contributed by atoms with van der Waals surface area (Å²) in [5.74, 6) is 0.267. The number of para-hydroxylation sites is 1. The van der Waals surface area contributed by atoms with Crippen molar-refractivity contribution in [2.75, 3.05) is 0 Å². The van der Waals surface area contributed by atoms with E-state index in [1.165, 1.54) is 0 Å². The van der Waals surface area contributed by atoms with E-state index >= 15 is 0 Å². The molecule has 1 fully saturated rings. The van der Waals surface area contributed by atoms with E-state index in [4.69, 9.17) is 27.9 Å². The molecule has 0 unspecified atom stereocenters. The van der Waals surface area contributed by atoms with E-state index in [2.05, 4.69) is 5.32 Å². The van der Waals surface area contributed by atoms with Gasteiger partial charge in [0.2, 0.25) is 0 Å². The lowest BCUT2D eigenvalue weighted by Crippen LogP contribution is -2.17. The minimum absolute atomic E-state index is 0.337. The van der Waals surface area contributed by atoms with E-state index in [1.54, 1.807) is 18.2 Å². The minimum atomic E-state index is -0.406. The van der Waals surface area contributed by atoms with Gasteiger partial charge in [-0.2, -0.15) is 0 Å². The molecule has 1 N–H and O–H groups in total. The molecule has 2 amide bonds. The van der Waals surface area contributed by atoms with Crippen LogP contribution in [-0.2, 0) is 11.4 Å². The van der Waals surface area contributed by atoms with Gasteiger partial charge in [-0.15, -0.1) is 0 Å². The number of carbonyl (C=O) groups excluding carboxylic acids is 2. The molecule has 5 nitrogen and oxygen atoms in total. The molecule has 5 rings (SSSR count). The van der Waals surface area contributed by atoms with Crippen LogP contribution in [0, 0.1) is 0 Å². The number of aromatic nitrogens is 1. The number of fused-ring (bicyclic) bond motifs is 1. The zero-order valence-electron chi connectivity index (χ0n) is 17.0. The fourth-order valence-electron chi connectivity index (χ4n) is 3.64. The second kappa shape index (κ2) is 8.98. The average molecular weight is 495 g/mol. The van der Waals surface area contributed by atoms with Gasteiger partial charge in [0, 0.05) is 22.8 Å². The molecule has 33 heavy (non-hydrogen) atoms. The van der Waals surface area contributed by atoms with Crippen molar-refractivity contribution < 1.29 is 14.3 Å². The van der Waals surface area contributed by atoms with E-state index in [9.17, 15) is 9.59 Å². The van der Waals surface area contributed by atoms with Gasteiger partial charge in [-0.05, 0) is 47.7 Å². The first kappa shape index (κ1) is 21.6. The van der Waals surface area contributed by atoms with Crippen LogP contribution in [0.25, 0.3) is 22.7 Å².